The predicted octanol–water partition coefficient (Wildman–Crippen LogP) is 3.85. The molecule has 0 bridgehead atoms. The summed E-state index contributed by atoms with van der Waals surface area (Å²) in [6, 6.07) is 11.6. The summed E-state index contributed by atoms with van der Waals surface area (Å²) < 4.78 is 0. The van der Waals surface area contributed by atoms with Crippen LogP contribution in [0.25, 0.3) is 22.3 Å². The van der Waals surface area contributed by atoms with Crippen LogP contribution >= 0.6 is 11.6 Å². The van der Waals surface area contributed by atoms with E-state index in [0.29, 0.717) is 39.6 Å². The SMILES string of the molecule is Nc1ncc(-c2cc([N+](=O)[O-])ccc2Cl)cc1-c1ccc2c(c1)CCNC2=O. The van der Waals surface area contributed by atoms with E-state index in [-0.39, 0.29) is 11.6 Å². The van der Waals surface area contributed by atoms with Gasteiger partial charge in [0.05, 0.1) is 4.92 Å². The van der Waals surface area contributed by atoms with Gasteiger partial charge in [-0.2, -0.15) is 0 Å². The first-order valence-corrected chi connectivity index (χ1v) is 8.93. The van der Waals surface area contributed by atoms with Gasteiger partial charge in [0.1, 0.15) is 5.82 Å². The molecule has 1 amide bonds. The van der Waals surface area contributed by atoms with E-state index in [1.165, 1.54) is 24.4 Å². The summed E-state index contributed by atoms with van der Waals surface area (Å²) in [7, 11) is 0. The van der Waals surface area contributed by atoms with Gasteiger partial charge in [0.15, 0.2) is 0 Å². The number of nitro benzene ring substituents is 1. The number of nitrogens with two attached hydrogens (primary N) is 1. The van der Waals surface area contributed by atoms with Crippen LogP contribution in [0.1, 0.15) is 15.9 Å². The Bertz CT molecular complexity index is 1130. The number of fused-ring (bicyclic) bond motifs is 1. The quantitative estimate of drug-likeness (QED) is 0.517. The van der Waals surface area contributed by atoms with Crippen LogP contribution in [0, 0.1) is 10.1 Å². The van der Waals surface area contributed by atoms with Crippen LogP contribution in [-0.2, 0) is 6.42 Å². The zero-order valence-electron chi connectivity index (χ0n) is 14.6. The van der Waals surface area contributed by atoms with Gasteiger partial charge >= 0.3 is 0 Å². The molecular weight excluding hydrogens is 380 g/mol. The Morgan fingerprint density at radius 2 is 1.89 bits per heavy atom. The maximum atomic E-state index is 11.9. The van der Waals surface area contributed by atoms with Gasteiger partial charge in [-0.3, -0.25) is 14.9 Å². The molecule has 0 saturated carbocycles. The van der Waals surface area contributed by atoms with Gasteiger partial charge in [0.25, 0.3) is 11.6 Å². The van der Waals surface area contributed by atoms with Crippen LogP contribution in [0.15, 0.2) is 48.7 Å². The average molecular weight is 395 g/mol. The molecule has 0 radical (unpaired) electrons. The molecule has 0 spiro atoms. The molecule has 3 aromatic rings. The van der Waals surface area contributed by atoms with Crippen molar-refractivity contribution >= 4 is 29.0 Å². The molecule has 0 atom stereocenters. The number of aromatic nitrogens is 1. The highest BCUT2D eigenvalue weighted by atomic mass is 35.5. The largest absolute Gasteiger partial charge is 0.383 e. The van der Waals surface area contributed by atoms with Crippen molar-refractivity contribution in [1.29, 1.82) is 0 Å². The summed E-state index contributed by atoms with van der Waals surface area (Å²) in [5, 5.41) is 14.3. The minimum atomic E-state index is -0.472. The lowest BCUT2D eigenvalue weighted by atomic mass is 9.94. The third-order valence-electron chi connectivity index (χ3n) is 4.73. The van der Waals surface area contributed by atoms with E-state index in [1.807, 2.05) is 12.1 Å². The Morgan fingerprint density at radius 3 is 2.68 bits per heavy atom. The van der Waals surface area contributed by atoms with Gasteiger partial charge < -0.3 is 11.1 Å². The highest BCUT2D eigenvalue weighted by Gasteiger charge is 2.18. The van der Waals surface area contributed by atoms with Crippen molar-refractivity contribution in [2.75, 3.05) is 12.3 Å². The van der Waals surface area contributed by atoms with Crippen LogP contribution in [-0.4, -0.2) is 22.4 Å². The summed E-state index contributed by atoms with van der Waals surface area (Å²) >= 11 is 6.26. The lowest BCUT2D eigenvalue weighted by molar-refractivity contribution is -0.384. The minimum Gasteiger partial charge on any atom is -0.383 e. The Labute approximate surface area is 165 Å². The highest BCUT2D eigenvalue weighted by Crippen LogP contribution is 2.35. The van der Waals surface area contributed by atoms with Gasteiger partial charge in [-0.05, 0) is 35.7 Å². The van der Waals surface area contributed by atoms with Crippen LogP contribution in [0.4, 0.5) is 11.5 Å². The monoisotopic (exact) mass is 394 g/mol. The van der Waals surface area contributed by atoms with Gasteiger partial charge in [0.2, 0.25) is 0 Å². The van der Waals surface area contributed by atoms with E-state index in [9.17, 15) is 14.9 Å². The first kappa shape index (κ1) is 17.9. The number of nitrogens with one attached hydrogen (secondary N) is 1. The van der Waals surface area contributed by atoms with Gasteiger partial charge in [-0.1, -0.05) is 23.7 Å². The van der Waals surface area contributed by atoms with E-state index in [0.717, 1.165) is 17.5 Å². The van der Waals surface area contributed by atoms with E-state index < -0.39 is 4.92 Å². The van der Waals surface area contributed by atoms with Crippen LogP contribution in [0.2, 0.25) is 5.02 Å². The number of carbonyl (C=O) groups excluding carboxylic acids is 1. The molecule has 3 N–H and O–H groups in total. The normalized spacial score (nSPS) is 13.0. The van der Waals surface area contributed by atoms with Crippen molar-refractivity contribution in [1.82, 2.24) is 10.3 Å². The second-order valence-corrected chi connectivity index (χ2v) is 6.86. The number of nitro groups is 1. The summed E-state index contributed by atoms with van der Waals surface area (Å²) in [6.45, 7) is 0.590. The van der Waals surface area contributed by atoms with E-state index >= 15 is 0 Å². The minimum absolute atomic E-state index is 0.0578. The number of hydrogen-bond acceptors (Lipinski definition) is 5. The van der Waals surface area contributed by atoms with E-state index in [2.05, 4.69) is 10.3 Å². The van der Waals surface area contributed by atoms with Crippen molar-refractivity contribution in [2.24, 2.45) is 0 Å². The standard InChI is InChI=1S/C20H15ClN4O3/c21-18-4-2-14(25(27)28)9-16(18)13-8-17(19(22)24-10-13)11-1-3-15-12(7-11)5-6-23-20(15)26/h1-4,7-10H,5-6H2,(H2,22,24)(H,23,26). The number of amides is 1. The number of anilines is 1. The Balaban J connectivity index is 1.82. The zero-order valence-corrected chi connectivity index (χ0v) is 15.4. The van der Waals surface area contributed by atoms with Crippen molar-refractivity contribution < 1.29 is 9.72 Å². The number of benzene rings is 2. The molecule has 28 heavy (non-hydrogen) atoms. The number of nitrogens with zero attached hydrogens (tertiary/aromatic N) is 2. The average Bonchev–Trinajstić information content (AvgIpc) is 2.68. The van der Waals surface area contributed by atoms with Gasteiger partial charge in [-0.15, -0.1) is 0 Å². The maximum Gasteiger partial charge on any atom is 0.270 e. The molecule has 2 heterocycles. The number of carbonyl (C=O) groups is 1. The number of rotatable bonds is 3. The number of halogens is 1. The number of non-ortho nitro benzene ring substituents is 1. The fourth-order valence-corrected chi connectivity index (χ4v) is 3.52. The van der Waals surface area contributed by atoms with Crippen molar-refractivity contribution in [3.63, 3.8) is 0 Å². The molecule has 2 aromatic carbocycles. The molecular formula is C20H15ClN4O3. The van der Waals surface area contributed by atoms with E-state index in [1.54, 1.807) is 12.1 Å². The number of nitrogen functional groups attached to an aromatic ring is 1. The molecule has 0 saturated heterocycles. The third kappa shape index (κ3) is 3.16. The molecule has 0 fully saturated rings. The zero-order chi connectivity index (χ0) is 19.8. The molecule has 4 rings (SSSR count). The lowest BCUT2D eigenvalue weighted by Crippen LogP contribution is -2.31. The molecule has 8 heteroatoms. The topological polar surface area (TPSA) is 111 Å². The molecule has 1 aliphatic heterocycles. The van der Waals surface area contributed by atoms with Gasteiger partial charge in [0, 0.05) is 52.2 Å². The van der Waals surface area contributed by atoms with E-state index in [4.69, 9.17) is 17.3 Å². The Morgan fingerprint density at radius 1 is 1.07 bits per heavy atom. The Kier molecular flexibility index (Phi) is 4.44. The summed E-state index contributed by atoms with van der Waals surface area (Å²) in [4.78, 5) is 26.8. The summed E-state index contributed by atoms with van der Waals surface area (Å²) in [5.74, 6) is 0.238. The maximum absolute atomic E-state index is 11.9. The first-order valence-electron chi connectivity index (χ1n) is 8.55. The number of pyridine rings is 1. The van der Waals surface area contributed by atoms with Crippen molar-refractivity contribution in [3.05, 3.63) is 74.9 Å². The van der Waals surface area contributed by atoms with Crippen LogP contribution in [0.5, 0.6) is 0 Å². The summed E-state index contributed by atoms with van der Waals surface area (Å²) in [5.41, 5.74) is 10.2. The van der Waals surface area contributed by atoms with Crippen LogP contribution in [0.3, 0.4) is 0 Å². The highest BCUT2D eigenvalue weighted by molar-refractivity contribution is 6.33. The first-order chi connectivity index (χ1) is 13.4. The fourth-order valence-electron chi connectivity index (χ4n) is 3.30. The number of hydrogen-bond donors (Lipinski definition) is 2. The van der Waals surface area contributed by atoms with Gasteiger partial charge in [-0.25, -0.2) is 4.98 Å². The van der Waals surface area contributed by atoms with Crippen molar-refractivity contribution in [2.45, 2.75) is 6.42 Å². The molecule has 1 aromatic heterocycles. The second-order valence-electron chi connectivity index (χ2n) is 6.46. The lowest BCUT2D eigenvalue weighted by Gasteiger charge is -2.18. The molecule has 7 nitrogen and oxygen atoms in total. The molecule has 140 valence electrons. The molecule has 0 unspecified atom stereocenters. The smallest absolute Gasteiger partial charge is 0.270 e. The molecule has 1 aliphatic rings. The summed E-state index contributed by atoms with van der Waals surface area (Å²) in [6.07, 6.45) is 2.27. The Hall–Kier alpha value is -3.45. The van der Waals surface area contributed by atoms with Crippen LogP contribution < -0.4 is 11.1 Å². The third-order valence-corrected chi connectivity index (χ3v) is 5.06. The second kappa shape index (κ2) is 6.94. The predicted molar refractivity (Wildman–Crippen MR) is 107 cm³/mol. The fraction of sp³-hybridized carbons (Fsp3) is 0.100. The van der Waals surface area contributed by atoms with Crippen molar-refractivity contribution in [3.8, 4) is 22.3 Å². The molecule has 0 aliphatic carbocycles.